The third-order valence-corrected chi connectivity index (χ3v) is 15.7. The Morgan fingerprint density at radius 3 is 1.69 bits per heavy atom. The Bertz CT molecular complexity index is 4950. The second kappa shape index (κ2) is 17.4. The van der Waals surface area contributed by atoms with E-state index in [0.717, 1.165) is 105 Å². The van der Waals surface area contributed by atoms with Gasteiger partial charge in [-0.25, -0.2) is 4.98 Å². The molecule has 4 aromatic heterocycles. The Morgan fingerprint density at radius 1 is 0.474 bits per heavy atom. The van der Waals surface area contributed by atoms with Crippen molar-refractivity contribution in [3.63, 3.8) is 0 Å². The first-order valence-electron chi connectivity index (χ1n) is 29.4. The van der Waals surface area contributed by atoms with Crippen molar-refractivity contribution < 1.29 is 17.5 Å². The maximum atomic E-state index is 8.91. The molecule has 6 heteroatoms. The summed E-state index contributed by atoms with van der Waals surface area (Å²) in [6.45, 7) is 1.33. The molecule has 0 bridgehead atoms. The number of pyridine rings is 1. The minimum atomic E-state index is -2.66. The number of hydrogen-bond acceptors (Lipinski definition) is 2. The summed E-state index contributed by atoms with van der Waals surface area (Å²) in [7, 11) is 0. The average Bonchev–Trinajstić information content (AvgIpc) is 2.12. The Hall–Kier alpha value is -9.78. The fraction of sp³-hybridized carbons (Fsp3) is 0.0833. The predicted molar refractivity (Wildman–Crippen MR) is 320 cm³/mol. The molecule has 0 amide bonds. The molecule has 15 rings (SSSR count). The topological polar surface area (TPSA) is 40.8 Å². The molecule has 0 aliphatic carbocycles. The fourth-order valence-electron chi connectivity index (χ4n) is 12.1. The van der Waals surface area contributed by atoms with Crippen LogP contribution in [0.15, 0.2) is 231 Å². The van der Waals surface area contributed by atoms with Crippen LogP contribution >= 0.6 is 0 Å². The molecule has 0 N–H and O–H groups in total. The molecule has 78 heavy (non-hydrogen) atoms. The molecule has 14 aromatic rings. The van der Waals surface area contributed by atoms with E-state index in [1.165, 1.54) is 23.8 Å². The van der Waals surface area contributed by atoms with Crippen LogP contribution in [0.3, 0.4) is 0 Å². The molecule has 0 saturated carbocycles. The Labute approximate surface area is 461 Å². The Balaban J connectivity index is 1.00. The molecule has 1 aliphatic heterocycles. The number of hydrogen-bond donors (Lipinski definition) is 0. The van der Waals surface area contributed by atoms with Gasteiger partial charge in [-0.05, 0) is 153 Å². The number of aromatic nitrogens is 5. The fourth-order valence-corrected chi connectivity index (χ4v) is 12.1. The Kier molecular flexibility index (Phi) is 8.83. The van der Waals surface area contributed by atoms with Gasteiger partial charge in [-0.1, -0.05) is 166 Å². The van der Waals surface area contributed by atoms with Gasteiger partial charge < -0.3 is 9.30 Å². The van der Waals surface area contributed by atoms with E-state index in [4.69, 9.17) is 17.9 Å². The quantitative estimate of drug-likeness (QED) is 0.123. The molecule has 0 radical (unpaired) electrons. The monoisotopic (exact) mass is 1010 g/mol. The number of fused-ring (bicyclic) bond motifs is 13. The smallest absolute Gasteiger partial charge is 0.269 e. The molecule has 0 spiro atoms. The van der Waals surface area contributed by atoms with E-state index in [2.05, 4.69) is 179 Å². The number of benzene rings is 10. The lowest BCUT2D eigenvalue weighted by Crippen LogP contribution is -2.33. The zero-order valence-electron chi connectivity index (χ0n) is 49.1. The maximum Gasteiger partial charge on any atom is 0.269 e. The van der Waals surface area contributed by atoms with E-state index in [1.54, 1.807) is 0 Å². The average molecular weight is 1010 g/mol. The molecular formula is C72H53N5O. The van der Waals surface area contributed by atoms with Crippen LogP contribution in [0, 0.1) is 20.0 Å². The first-order valence-corrected chi connectivity index (χ1v) is 26.4. The summed E-state index contributed by atoms with van der Waals surface area (Å²) in [5.41, 5.74) is 15.0. The van der Waals surface area contributed by atoms with Crippen molar-refractivity contribution >= 4 is 54.6 Å². The third-order valence-electron chi connectivity index (χ3n) is 15.7. The summed E-state index contributed by atoms with van der Waals surface area (Å²) in [4.78, 5) is 4.91. The van der Waals surface area contributed by atoms with E-state index in [9.17, 15) is 0 Å². The summed E-state index contributed by atoms with van der Waals surface area (Å²) in [5.74, 6) is 2.12. The number of rotatable bonds is 6. The van der Waals surface area contributed by atoms with Crippen LogP contribution in [-0.4, -0.2) is 18.7 Å². The molecule has 372 valence electrons. The highest BCUT2D eigenvalue weighted by molar-refractivity contribution is 6.11. The highest BCUT2D eigenvalue weighted by Crippen LogP contribution is 2.47. The first kappa shape index (κ1) is 39.6. The van der Waals surface area contributed by atoms with Crippen LogP contribution < -0.4 is 9.30 Å². The van der Waals surface area contributed by atoms with Gasteiger partial charge in [0.25, 0.3) is 6.33 Å². The van der Waals surface area contributed by atoms with Gasteiger partial charge in [-0.2, -0.15) is 0 Å². The van der Waals surface area contributed by atoms with Crippen molar-refractivity contribution in [1.29, 1.82) is 0 Å². The van der Waals surface area contributed by atoms with Crippen LogP contribution in [0.1, 0.15) is 45.7 Å². The molecule has 0 atom stereocenters. The largest absolute Gasteiger partial charge is 0.458 e. The zero-order chi connectivity index (χ0) is 57.4. The second-order valence-corrected chi connectivity index (χ2v) is 21.3. The van der Waals surface area contributed by atoms with Crippen molar-refractivity contribution in [1.82, 2.24) is 18.7 Å². The zero-order valence-corrected chi connectivity index (χ0v) is 43.1. The van der Waals surface area contributed by atoms with Gasteiger partial charge in [0.05, 0.1) is 50.2 Å². The van der Waals surface area contributed by atoms with E-state index in [0.29, 0.717) is 22.7 Å². The summed E-state index contributed by atoms with van der Waals surface area (Å²) in [6.07, 6.45) is 5.83. The minimum Gasteiger partial charge on any atom is -0.458 e. The number of ether oxygens (including phenoxy) is 1. The van der Waals surface area contributed by atoms with Crippen LogP contribution in [0.25, 0.3) is 122 Å². The molecule has 10 aromatic carbocycles. The van der Waals surface area contributed by atoms with Crippen LogP contribution in [0.5, 0.6) is 11.5 Å². The lowest BCUT2D eigenvalue weighted by molar-refractivity contribution is -0.571. The van der Waals surface area contributed by atoms with Gasteiger partial charge in [0.15, 0.2) is 0 Å². The Morgan fingerprint density at radius 2 is 1.03 bits per heavy atom. The SMILES string of the molecule is [2H]C([2H])([2H])c1cccc(C([2H])([2H])[2H])c1-c1cc2c(c(-n3c4ccccc4c4ccccc43)c1)-[n+]1[c-]n(-c3cccc(Oc4ccc5c6ccccc6n(-c6cc(C(C)(C)C)ccn6)c5c4)c3)c3cccc(c31)-c1ccccc1-c1ccccc1-2. The third kappa shape index (κ3) is 7.03. The van der Waals surface area contributed by atoms with Crippen LogP contribution in [0.2, 0.25) is 0 Å². The normalized spacial score (nSPS) is 13.6. The standard InChI is InChI=1S/C72H53N5O/c1-45-19-16-20-46(2)69(45)47-39-61-55-26-9-7-24-53(55)52-23-6-8-25-54(52)60-30-18-34-65-70(60)75(71(61)67(40-47)76-62-31-13-10-27-56(62)57-28-11-14-32-63(57)76)44-74(65)49-21-17-22-50(42-49)78-51-35-36-59-58-29-12-15-33-64(58)77(66(59)43-51)68-41-48(37-38-73-68)72(3,4)5/h6-43H,1-5H3/i1D3,2D3. The van der Waals surface area contributed by atoms with E-state index >= 15 is 0 Å². The van der Waals surface area contributed by atoms with Crippen molar-refractivity contribution in [2.75, 3.05) is 0 Å². The molecule has 0 fully saturated rings. The molecule has 6 nitrogen and oxygen atoms in total. The van der Waals surface area contributed by atoms with E-state index in [-0.39, 0.29) is 22.1 Å². The summed E-state index contributed by atoms with van der Waals surface area (Å²) < 4.78 is 69.1. The minimum absolute atomic E-state index is 0.0450. The number of nitrogens with zero attached hydrogens (tertiary/aromatic N) is 5. The predicted octanol–water partition coefficient (Wildman–Crippen LogP) is 18.0. The van der Waals surface area contributed by atoms with Crippen molar-refractivity contribution in [3.05, 3.63) is 254 Å². The number of imidazole rings is 1. The highest BCUT2D eigenvalue weighted by Gasteiger charge is 2.29. The van der Waals surface area contributed by atoms with Crippen LogP contribution in [0.4, 0.5) is 0 Å². The van der Waals surface area contributed by atoms with Crippen molar-refractivity contribution in [2.24, 2.45) is 0 Å². The lowest BCUT2D eigenvalue weighted by Gasteiger charge is -2.23. The highest BCUT2D eigenvalue weighted by atomic mass is 16.5. The van der Waals surface area contributed by atoms with Gasteiger partial charge >= 0.3 is 0 Å². The van der Waals surface area contributed by atoms with Gasteiger partial charge in [0.2, 0.25) is 0 Å². The van der Waals surface area contributed by atoms with Gasteiger partial charge in [-0.15, -0.1) is 0 Å². The maximum absolute atomic E-state index is 8.91. The van der Waals surface area contributed by atoms with E-state index in [1.807, 2.05) is 79.0 Å². The van der Waals surface area contributed by atoms with Gasteiger partial charge in [0, 0.05) is 42.0 Å². The molecular weight excluding hydrogens is 951 g/mol. The van der Waals surface area contributed by atoms with Gasteiger partial charge in [0.1, 0.15) is 17.3 Å². The molecule has 1 aliphatic rings. The van der Waals surface area contributed by atoms with Gasteiger partial charge in [-0.3, -0.25) is 13.7 Å². The van der Waals surface area contributed by atoms with Crippen LogP contribution in [-0.2, 0) is 5.41 Å². The summed E-state index contributed by atoms with van der Waals surface area (Å²) >= 11 is 0. The lowest BCUT2D eigenvalue weighted by atomic mass is 9.87. The molecule has 5 heterocycles. The first-order chi connectivity index (χ1) is 40.6. The summed E-state index contributed by atoms with van der Waals surface area (Å²) in [6, 6.07) is 75.3. The number of para-hydroxylation sites is 4. The molecule has 0 unspecified atom stereocenters. The van der Waals surface area contributed by atoms with Crippen molar-refractivity contribution in [2.45, 2.75) is 39.9 Å². The van der Waals surface area contributed by atoms with E-state index < -0.39 is 13.7 Å². The number of aryl methyl sites for hydroxylation is 2. The molecule has 0 saturated heterocycles. The van der Waals surface area contributed by atoms with Crippen molar-refractivity contribution in [3.8, 4) is 78.9 Å². The second-order valence-electron chi connectivity index (χ2n) is 21.3. The summed E-state index contributed by atoms with van der Waals surface area (Å²) in [5, 5.41) is 4.26.